The zero-order valence-electron chi connectivity index (χ0n) is 13.6. The Bertz CT molecular complexity index is 733. The van der Waals surface area contributed by atoms with E-state index in [4.69, 9.17) is 0 Å². The molecule has 23 heavy (non-hydrogen) atoms. The van der Waals surface area contributed by atoms with Gasteiger partial charge in [-0.3, -0.25) is 4.79 Å². The molecule has 1 amide bonds. The average Bonchev–Trinajstić information content (AvgIpc) is 2.98. The molecular weight excluding hydrogens is 302 g/mol. The summed E-state index contributed by atoms with van der Waals surface area (Å²) in [5.74, 6) is 0.858. The smallest absolute Gasteiger partial charge is 0.261 e. The van der Waals surface area contributed by atoms with Gasteiger partial charge >= 0.3 is 0 Å². The van der Waals surface area contributed by atoms with Crippen LogP contribution in [-0.2, 0) is 19.3 Å². The second-order valence-corrected chi connectivity index (χ2v) is 8.16. The fraction of sp³-hybridized carbons (Fsp3) is 0.450. The van der Waals surface area contributed by atoms with Crippen molar-refractivity contribution >= 4 is 17.2 Å². The summed E-state index contributed by atoms with van der Waals surface area (Å²) in [6.45, 7) is 2.30. The number of fused-ring (bicyclic) bond motifs is 2. The largest absolute Gasteiger partial charge is 0.345 e. The van der Waals surface area contributed by atoms with Gasteiger partial charge in [0.15, 0.2) is 0 Å². The number of benzene rings is 1. The standard InChI is InChI=1S/C20H23NOS/c1-13-9-10-18-15(11-13)12-19(23-18)20(22)21-17-8-4-6-14-5-2-3-7-16(14)17/h2-3,5,7,12-13,17H,4,6,8-11H2,1H3,(H,21,22)/t13-,17-/m1/s1. The molecule has 0 bridgehead atoms. The zero-order chi connectivity index (χ0) is 15.8. The normalized spacial score (nSPS) is 23.0. The van der Waals surface area contributed by atoms with Gasteiger partial charge in [-0.1, -0.05) is 31.2 Å². The van der Waals surface area contributed by atoms with Crippen molar-refractivity contribution in [3.63, 3.8) is 0 Å². The molecule has 3 heteroatoms. The Labute approximate surface area is 141 Å². The first kappa shape index (κ1) is 14.9. The number of hydrogen-bond donors (Lipinski definition) is 1. The molecule has 0 radical (unpaired) electrons. The van der Waals surface area contributed by atoms with E-state index < -0.39 is 0 Å². The summed E-state index contributed by atoms with van der Waals surface area (Å²) in [4.78, 5) is 15.0. The lowest BCUT2D eigenvalue weighted by Crippen LogP contribution is -2.30. The first-order chi connectivity index (χ1) is 11.2. The summed E-state index contributed by atoms with van der Waals surface area (Å²) in [6, 6.07) is 10.8. The van der Waals surface area contributed by atoms with E-state index in [0.29, 0.717) is 0 Å². The Hall–Kier alpha value is -1.61. The maximum atomic E-state index is 12.7. The molecule has 2 nitrogen and oxygen atoms in total. The Morgan fingerprint density at radius 3 is 2.96 bits per heavy atom. The van der Waals surface area contributed by atoms with Crippen molar-refractivity contribution in [3.05, 3.63) is 56.8 Å². The van der Waals surface area contributed by atoms with Gasteiger partial charge in [0, 0.05) is 4.88 Å². The molecule has 0 fully saturated rings. The van der Waals surface area contributed by atoms with Crippen LogP contribution in [0.25, 0.3) is 0 Å². The van der Waals surface area contributed by atoms with E-state index in [1.165, 1.54) is 28.0 Å². The van der Waals surface area contributed by atoms with E-state index in [0.717, 1.165) is 42.9 Å². The fourth-order valence-corrected chi connectivity index (χ4v) is 5.06. The molecular formula is C20H23NOS. The van der Waals surface area contributed by atoms with Crippen molar-refractivity contribution in [2.75, 3.05) is 0 Å². The second kappa shape index (κ2) is 6.12. The van der Waals surface area contributed by atoms with E-state index in [-0.39, 0.29) is 11.9 Å². The van der Waals surface area contributed by atoms with Crippen LogP contribution in [0.15, 0.2) is 30.3 Å². The number of hydrogen-bond acceptors (Lipinski definition) is 2. The summed E-state index contributed by atoms with van der Waals surface area (Å²) in [7, 11) is 0. The monoisotopic (exact) mass is 325 g/mol. The second-order valence-electron chi connectivity index (χ2n) is 7.02. The third kappa shape index (κ3) is 2.94. The lowest BCUT2D eigenvalue weighted by Gasteiger charge is -2.26. The van der Waals surface area contributed by atoms with Crippen LogP contribution >= 0.6 is 11.3 Å². The van der Waals surface area contributed by atoms with Gasteiger partial charge in [-0.15, -0.1) is 11.3 Å². The maximum Gasteiger partial charge on any atom is 0.261 e. The number of rotatable bonds is 2. The quantitative estimate of drug-likeness (QED) is 0.853. The molecule has 1 heterocycles. The van der Waals surface area contributed by atoms with Crippen molar-refractivity contribution in [2.45, 2.75) is 51.5 Å². The summed E-state index contributed by atoms with van der Waals surface area (Å²) in [5.41, 5.74) is 4.10. The first-order valence-electron chi connectivity index (χ1n) is 8.71. The van der Waals surface area contributed by atoms with E-state index in [1.807, 2.05) is 0 Å². The van der Waals surface area contributed by atoms with Crippen molar-refractivity contribution in [1.29, 1.82) is 0 Å². The molecule has 1 aromatic carbocycles. The SMILES string of the molecule is C[C@@H]1CCc2sc(C(=O)N[C@@H]3CCCc4ccccc43)cc2C1. The van der Waals surface area contributed by atoms with E-state index in [1.54, 1.807) is 11.3 Å². The Balaban J connectivity index is 1.53. The van der Waals surface area contributed by atoms with Crippen LogP contribution in [0.3, 0.4) is 0 Å². The highest BCUT2D eigenvalue weighted by Gasteiger charge is 2.24. The van der Waals surface area contributed by atoms with Gasteiger partial charge in [0.05, 0.1) is 10.9 Å². The average molecular weight is 325 g/mol. The molecule has 0 saturated heterocycles. The van der Waals surface area contributed by atoms with Gasteiger partial charge in [0.2, 0.25) is 0 Å². The number of thiophene rings is 1. The molecule has 0 aliphatic heterocycles. The van der Waals surface area contributed by atoms with Crippen molar-refractivity contribution in [3.8, 4) is 0 Å². The summed E-state index contributed by atoms with van der Waals surface area (Å²) < 4.78 is 0. The first-order valence-corrected chi connectivity index (χ1v) is 9.52. The molecule has 1 aromatic heterocycles. The lowest BCUT2D eigenvalue weighted by molar-refractivity contribution is 0.0937. The minimum atomic E-state index is 0.110. The van der Waals surface area contributed by atoms with Crippen molar-refractivity contribution in [2.24, 2.45) is 5.92 Å². The number of amides is 1. The van der Waals surface area contributed by atoms with Gasteiger partial charge in [0.1, 0.15) is 0 Å². The minimum Gasteiger partial charge on any atom is -0.345 e. The third-order valence-electron chi connectivity index (χ3n) is 5.23. The van der Waals surface area contributed by atoms with Gasteiger partial charge in [-0.2, -0.15) is 0 Å². The topological polar surface area (TPSA) is 29.1 Å². The van der Waals surface area contributed by atoms with Crippen LogP contribution in [0.5, 0.6) is 0 Å². The van der Waals surface area contributed by atoms with E-state index in [9.17, 15) is 4.79 Å². The van der Waals surface area contributed by atoms with Gasteiger partial charge in [-0.05, 0) is 67.2 Å². The predicted octanol–water partition coefficient (Wildman–Crippen LogP) is 4.68. The number of nitrogens with one attached hydrogen (secondary N) is 1. The van der Waals surface area contributed by atoms with Crippen LogP contribution in [0.1, 0.15) is 63.5 Å². The Morgan fingerprint density at radius 1 is 1.17 bits per heavy atom. The molecule has 0 unspecified atom stereocenters. The maximum absolute atomic E-state index is 12.7. The highest BCUT2D eigenvalue weighted by atomic mass is 32.1. The van der Waals surface area contributed by atoms with Crippen LogP contribution in [0.4, 0.5) is 0 Å². The Kier molecular flexibility index (Phi) is 3.98. The van der Waals surface area contributed by atoms with Crippen LogP contribution in [0.2, 0.25) is 0 Å². The summed E-state index contributed by atoms with van der Waals surface area (Å²) in [5, 5.41) is 3.28. The highest BCUT2D eigenvalue weighted by molar-refractivity contribution is 7.14. The number of aryl methyl sites for hydroxylation is 2. The molecule has 2 aliphatic carbocycles. The minimum absolute atomic E-state index is 0.110. The van der Waals surface area contributed by atoms with Crippen LogP contribution in [0, 0.1) is 5.92 Å². The van der Waals surface area contributed by atoms with Crippen molar-refractivity contribution in [1.82, 2.24) is 5.32 Å². The van der Waals surface area contributed by atoms with Crippen LogP contribution in [-0.4, -0.2) is 5.91 Å². The molecule has 2 atom stereocenters. The molecule has 2 aliphatic rings. The fourth-order valence-electron chi connectivity index (χ4n) is 3.95. The lowest BCUT2D eigenvalue weighted by atomic mass is 9.87. The van der Waals surface area contributed by atoms with Crippen LogP contribution < -0.4 is 5.32 Å². The van der Waals surface area contributed by atoms with E-state index >= 15 is 0 Å². The third-order valence-corrected chi connectivity index (χ3v) is 6.46. The molecule has 120 valence electrons. The Morgan fingerprint density at radius 2 is 2.04 bits per heavy atom. The van der Waals surface area contributed by atoms with Gasteiger partial charge in [0.25, 0.3) is 5.91 Å². The number of carbonyl (C=O) groups is 1. The molecule has 0 spiro atoms. The summed E-state index contributed by atoms with van der Waals surface area (Å²) >= 11 is 1.70. The zero-order valence-corrected chi connectivity index (χ0v) is 14.4. The van der Waals surface area contributed by atoms with E-state index in [2.05, 4.69) is 42.6 Å². The highest BCUT2D eigenvalue weighted by Crippen LogP contribution is 2.33. The summed E-state index contributed by atoms with van der Waals surface area (Å²) in [6.07, 6.45) is 6.86. The van der Waals surface area contributed by atoms with Crippen molar-refractivity contribution < 1.29 is 4.79 Å². The molecule has 1 N–H and O–H groups in total. The number of carbonyl (C=O) groups excluding carboxylic acids is 1. The van der Waals surface area contributed by atoms with Gasteiger partial charge < -0.3 is 5.32 Å². The molecule has 0 saturated carbocycles. The molecule has 4 rings (SSSR count). The molecule has 2 aromatic rings. The van der Waals surface area contributed by atoms with Gasteiger partial charge in [-0.25, -0.2) is 0 Å². The predicted molar refractivity (Wildman–Crippen MR) is 95.1 cm³/mol.